The lowest BCUT2D eigenvalue weighted by atomic mass is 10.2. The van der Waals surface area contributed by atoms with E-state index in [0.717, 1.165) is 13.0 Å². The standard InChI is InChI=1S/C10H20N2O2/c1-4-5-12-7-8(13)6-9(12)10(14)11(2)3/h8-9,13H,4-7H2,1-3H3/t8-,9+/m1/s1. The third-order valence-electron chi connectivity index (χ3n) is 2.62. The fraction of sp³-hybridized carbons (Fsp3) is 0.900. The van der Waals surface area contributed by atoms with Crippen molar-refractivity contribution in [1.29, 1.82) is 0 Å². The molecule has 0 bridgehead atoms. The summed E-state index contributed by atoms with van der Waals surface area (Å²) >= 11 is 0. The van der Waals surface area contributed by atoms with Crippen molar-refractivity contribution < 1.29 is 9.90 Å². The fourth-order valence-electron chi connectivity index (χ4n) is 1.97. The van der Waals surface area contributed by atoms with E-state index in [1.807, 2.05) is 0 Å². The Morgan fingerprint density at radius 2 is 2.21 bits per heavy atom. The smallest absolute Gasteiger partial charge is 0.239 e. The van der Waals surface area contributed by atoms with Gasteiger partial charge in [-0.1, -0.05) is 6.92 Å². The van der Waals surface area contributed by atoms with Crippen LogP contribution in [0.4, 0.5) is 0 Å². The molecule has 1 amide bonds. The Morgan fingerprint density at radius 1 is 1.57 bits per heavy atom. The van der Waals surface area contributed by atoms with Crippen LogP contribution in [-0.4, -0.2) is 60.1 Å². The maximum atomic E-state index is 11.7. The Labute approximate surface area is 85.5 Å². The average Bonchev–Trinajstić information content (AvgIpc) is 2.46. The molecule has 1 aliphatic rings. The van der Waals surface area contributed by atoms with Crippen molar-refractivity contribution in [3.63, 3.8) is 0 Å². The van der Waals surface area contributed by atoms with Gasteiger partial charge < -0.3 is 10.0 Å². The maximum Gasteiger partial charge on any atom is 0.239 e. The zero-order chi connectivity index (χ0) is 10.7. The summed E-state index contributed by atoms with van der Waals surface area (Å²) in [6, 6.07) is -0.111. The van der Waals surface area contributed by atoms with E-state index in [1.54, 1.807) is 19.0 Å². The van der Waals surface area contributed by atoms with Gasteiger partial charge in [0.05, 0.1) is 12.1 Å². The molecule has 0 radical (unpaired) electrons. The first-order chi connectivity index (χ1) is 6.56. The molecule has 1 heterocycles. The predicted molar refractivity (Wildman–Crippen MR) is 55.0 cm³/mol. The van der Waals surface area contributed by atoms with Crippen molar-refractivity contribution in [1.82, 2.24) is 9.80 Å². The molecule has 0 spiro atoms. The van der Waals surface area contributed by atoms with Crippen molar-refractivity contribution >= 4 is 5.91 Å². The molecule has 82 valence electrons. The number of carbonyl (C=O) groups excluding carboxylic acids is 1. The topological polar surface area (TPSA) is 43.8 Å². The Bertz CT molecular complexity index is 206. The quantitative estimate of drug-likeness (QED) is 0.693. The number of aliphatic hydroxyl groups is 1. The summed E-state index contributed by atoms with van der Waals surface area (Å²) in [7, 11) is 3.52. The van der Waals surface area contributed by atoms with Crippen molar-refractivity contribution in [2.45, 2.75) is 31.9 Å². The third kappa shape index (κ3) is 2.45. The monoisotopic (exact) mass is 200 g/mol. The van der Waals surface area contributed by atoms with Gasteiger partial charge in [-0.15, -0.1) is 0 Å². The Morgan fingerprint density at radius 3 is 2.71 bits per heavy atom. The van der Waals surface area contributed by atoms with E-state index >= 15 is 0 Å². The van der Waals surface area contributed by atoms with Crippen LogP contribution in [0.15, 0.2) is 0 Å². The van der Waals surface area contributed by atoms with E-state index in [2.05, 4.69) is 11.8 Å². The van der Waals surface area contributed by atoms with Gasteiger partial charge in [0.2, 0.25) is 5.91 Å². The first-order valence-electron chi connectivity index (χ1n) is 5.19. The maximum absolute atomic E-state index is 11.7. The molecular weight excluding hydrogens is 180 g/mol. The third-order valence-corrected chi connectivity index (χ3v) is 2.62. The number of rotatable bonds is 3. The van der Waals surface area contributed by atoms with E-state index in [1.165, 1.54) is 0 Å². The lowest BCUT2D eigenvalue weighted by Gasteiger charge is -2.25. The first-order valence-corrected chi connectivity index (χ1v) is 5.19. The Kier molecular flexibility index (Phi) is 3.89. The fourth-order valence-corrected chi connectivity index (χ4v) is 1.97. The SMILES string of the molecule is CCCN1C[C@H](O)C[C@H]1C(=O)N(C)C. The van der Waals surface area contributed by atoms with Crippen molar-refractivity contribution in [2.75, 3.05) is 27.2 Å². The van der Waals surface area contributed by atoms with Crippen LogP contribution in [-0.2, 0) is 4.79 Å². The van der Waals surface area contributed by atoms with Crippen molar-refractivity contribution in [3.05, 3.63) is 0 Å². The molecule has 0 unspecified atom stereocenters. The second-order valence-corrected chi connectivity index (χ2v) is 4.13. The number of hydrogen-bond acceptors (Lipinski definition) is 3. The molecular formula is C10H20N2O2. The van der Waals surface area contributed by atoms with Gasteiger partial charge in [0.15, 0.2) is 0 Å². The summed E-state index contributed by atoms with van der Waals surface area (Å²) in [5.41, 5.74) is 0. The van der Waals surface area contributed by atoms with Gasteiger partial charge in [0, 0.05) is 20.6 Å². The van der Waals surface area contributed by atoms with Gasteiger partial charge in [-0.05, 0) is 19.4 Å². The van der Waals surface area contributed by atoms with Crippen LogP contribution in [0, 0.1) is 0 Å². The highest BCUT2D eigenvalue weighted by atomic mass is 16.3. The van der Waals surface area contributed by atoms with Gasteiger partial charge in [0.1, 0.15) is 0 Å². The highest BCUT2D eigenvalue weighted by Gasteiger charge is 2.35. The zero-order valence-electron chi connectivity index (χ0n) is 9.23. The lowest BCUT2D eigenvalue weighted by molar-refractivity contribution is -0.133. The number of nitrogens with zero attached hydrogens (tertiary/aromatic N) is 2. The summed E-state index contributed by atoms with van der Waals surface area (Å²) in [5, 5.41) is 9.51. The van der Waals surface area contributed by atoms with E-state index in [0.29, 0.717) is 13.0 Å². The molecule has 0 aliphatic carbocycles. The number of hydrogen-bond donors (Lipinski definition) is 1. The molecule has 4 heteroatoms. The molecule has 0 aromatic heterocycles. The number of β-amino-alcohol motifs (C(OH)–C–C–N with tert-alkyl or cyclic N) is 1. The van der Waals surface area contributed by atoms with Gasteiger partial charge in [0.25, 0.3) is 0 Å². The van der Waals surface area contributed by atoms with Crippen LogP contribution in [0.2, 0.25) is 0 Å². The largest absolute Gasteiger partial charge is 0.392 e. The van der Waals surface area contributed by atoms with Crippen LogP contribution >= 0.6 is 0 Å². The molecule has 0 saturated carbocycles. The van der Waals surface area contributed by atoms with Crippen LogP contribution in [0.25, 0.3) is 0 Å². The van der Waals surface area contributed by atoms with E-state index < -0.39 is 0 Å². The first kappa shape index (κ1) is 11.5. The highest BCUT2D eigenvalue weighted by molar-refractivity contribution is 5.81. The number of carbonyl (C=O) groups is 1. The Balaban J connectivity index is 2.61. The average molecular weight is 200 g/mol. The van der Waals surface area contributed by atoms with Crippen LogP contribution in [0.1, 0.15) is 19.8 Å². The highest BCUT2D eigenvalue weighted by Crippen LogP contribution is 2.19. The van der Waals surface area contributed by atoms with Crippen LogP contribution < -0.4 is 0 Å². The molecule has 1 saturated heterocycles. The normalized spacial score (nSPS) is 28.0. The lowest BCUT2D eigenvalue weighted by Crippen LogP contribution is -2.42. The van der Waals surface area contributed by atoms with Crippen LogP contribution in [0.3, 0.4) is 0 Å². The number of likely N-dealkylation sites (tertiary alicyclic amines) is 1. The molecule has 2 atom stereocenters. The summed E-state index contributed by atoms with van der Waals surface area (Å²) in [6.45, 7) is 3.61. The predicted octanol–water partition coefficient (Wildman–Crippen LogP) is -0.0802. The summed E-state index contributed by atoms with van der Waals surface area (Å²) in [6.07, 6.45) is 1.26. The summed E-state index contributed by atoms with van der Waals surface area (Å²) in [4.78, 5) is 15.4. The van der Waals surface area contributed by atoms with E-state index in [-0.39, 0.29) is 18.1 Å². The minimum Gasteiger partial charge on any atom is -0.392 e. The molecule has 0 aromatic carbocycles. The molecule has 4 nitrogen and oxygen atoms in total. The van der Waals surface area contributed by atoms with Crippen molar-refractivity contribution in [3.8, 4) is 0 Å². The van der Waals surface area contributed by atoms with Gasteiger partial charge in [-0.3, -0.25) is 9.69 Å². The second kappa shape index (κ2) is 4.75. The minimum absolute atomic E-state index is 0.106. The van der Waals surface area contributed by atoms with Crippen LogP contribution in [0.5, 0.6) is 0 Å². The molecule has 1 N–H and O–H groups in total. The number of likely N-dealkylation sites (N-methyl/N-ethyl adjacent to an activating group) is 1. The molecule has 0 aromatic rings. The number of aliphatic hydroxyl groups excluding tert-OH is 1. The zero-order valence-corrected chi connectivity index (χ0v) is 9.23. The van der Waals surface area contributed by atoms with Crippen molar-refractivity contribution in [2.24, 2.45) is 0 Å². The van der Waals surface area contributed by atoms with E-state index in [4.69, 9.17) is 0 Å². The summed E-state index contributed by atoms with van der Waals surface area (Å²) in [5.74, 6) is 0.106. The second-order valence-electron chi connectivity index (χ2n) is 4.13. The molecule has 1 aliphatic heterocycles. The minimum atomic E-state index is -0.338. The van der Waals surface area contributed by atoms with Gasteiger partial charge >= 0.3 is 0 Å². The van der Waals surface area contributed by atoms with Gasteiger partial charge in [-0.2, -0.15) is 0 Å². The summed E-state index contributed by atoms with van der Waals surface area (Å²) < 4.78 is 0. The van der Waals surface area contributed by atoms with Gasteiger partial charge in [-0.25, -0.2) is 0 Å². The molecule has 1 fully saturated rings. The Hall–Kier alpha value is -0.610. The molecule has 14 heavy (non-hydrogen) atoms. The number of amides is 1. The van der Waals surface area contributed by atoms with E-state index in [9.17, 15) is 9.90 Å². The molecule has 1 rings (SSSR count).